The zero-order valence-corrected chi connectivity index (χ0v) is 11.5. The Morgan fingerprint density at radius 1 is 1.24 bits per heavy atom. The minimum Gasteiger partial charge on any atom is -0.494 e. The largest absolute Gasteiger partial charge is 0.494 e. The number of ether oxygens (including phenoxy) is 1. The van der Waals surface area contributed by atoms with E-state index in [1.807, 2.05) is 24.3 Å². The molecule has 1 N–H and O–H groups in total. The van der Waals surface area contributed by atoms with Crippen LogP contribution in [0.5, 0.6) is 5.75 Å². The molecule has 0 fully saturated rings. The average Bonchev–Trinajstić information content (AvgIpc) is 2.91. The van der Waals surface area contributed by atoms with Crippen LogP contribution >= 0.6 is 0 Å². The average molecular weight is 286 g/mol. The predicted octanol–water partition coefficient (Wildman–Crippen LogP) is 2.92. The molecule has 1 unspecified atom stereocenters. The van der Waals surface area contributed by atoms with Crippen molar-refractivity contribution in [1.29, 1.82) is 0 Å². The molecule has 5 heteroatoms. The minimum atomic E-state index is -0.974. The molecule has 0 aliphatic heterocycles. The second-order valence-electron chi connectivity index (χ2n) is 4.76. The first-order chi connectivity index (χ1) is 10.2. The number of methoxy groups -OCH3 is 1. The van der Waals surface area contributed by atoms with Crippen molar-refractivity contribution >= 4 is 11.0 Å². The Labute approximate surface area is 121 Å². The van der Waals surface area contributed by atoms with Crippen LogP contribution in [0.15, 0.2) is 48.8 Å². The van der Waals surface area contributed by atoms with Gasteiger partial charge in [0.15, 0.2) is 11.6 Å². The molecule has 0 radical (unpaired) electrons. The van der Waals surface area contributed by atoms with E-state index in [2.05, 4.69) is 4.98 Å². The first kappa shape index (κ1) is 13.6. The second kappa shape index (κ2) is 5.54. The summed E-state index contributed by atoms with van der Waals surface area (Å²) in [5.74, 6) is -0.404. The minimum absolute atomic E-state index is 0.127. The second-order valence-corrected chi connectivity index (χ2v) is 4.76. The summed E-state index contributed by atoms with van der Waals surface area (Å²) in [6, 6.07) is 12.4. The fourth-order valence-electron chi connectivity index (χ4n) is 2.38. The number of halogens is 1. The van der Waals surface area contributed by atoms with Gasteiger partial charge in [-0.05, 0) is 18.2 Å². The van der Waals surface area contributed by atoms with Crippen molar-refractivity contribution in [2.75, 3.05) is 7.11 Å². The number of para-hydroxylation sites is 2. The van der Waals surface area contributed by atoms with Crippen LogP contribution in [0.3, 0.4) is 0 Å². The lowest BCUT2D eigenvalue weighted by Gasteiger charge is -2.14. The molecular formula is C16H15FN2O2. The fraction of sp³-hybridized carbons (Fsp3) is 0.188. The van der Waals surface area contributed by atoms with Gasteiger partial charge in [-0.2, -0.15) is 0 Å². The number of hydrogen-bond donors (Lipinski definition) is 1. The molecule has 3 rings (SSSR count). The maximum Gasteiger partial charge on any atom is 0.170 e. The molecule has 4 nitrogen and oxygen atoms in total. The Morgan fingerprint density at radius 3 is 2.86 bits per heavy atom. The molecule has 0 spiro atoms. The van der Waals surface area contributed by atoms with Crippen LogP contribution in [0.4, 0.5) is 4.39 Å². The van der Waals surface area contributed by atoms with Crippen molar-refractivity contribution in [2.45, 2.75) is 12.6 Å². The number of hydrogen-bond acceptors (Lipinski definition) is 3. The van der Waals surface area contributed by atoms with E-state index in [4.69, 9.17) is 4.74 Å². The third-order valence-corrected chi connectivity index (χ3v) is 3.47. The van der Waals surface area contributed by atoms with Gasteiger partial charge in [0, 0.05) is 5.56 Å². The molecule has 1 heterocycles. The van der Waals surface area contributed by atoms with Gasteiger partial charge in [0.25, 0.3) is 0 Å². The maximum atomic E-state index is 14.2. The van der Waals surface area contributed by atoms with Crippen molar-refractivity contribution in [1.82, 2.24) is 9.55 Å². The summed E-state index contributed by atoms with van der Waals surface area (Å²) in [7, 11) is 1.40. The van der Waals surface area contributed by atoms with Gasteiger partial charge in [-0.3, -0.25) is 0 Å². The quantitative estimate of drug-likeness (QED) is 0.802. The highest BCUT2D eigenvalue weighted by Crippen LogP contribution is 2.26. The summed E-state index contributed by atoms with van der Waals surface area (Å²) in [5, 5.41) is 10.3. The van der Waals surface area contributed by atoms with Crippen LogP contribution in [-0.4, -0.2) is 21.8 Å². The molecule has 1 atom stereocenters. The number of imidazole rings is 1. The van der Waals surface area contributed by atoms with Crippen LogP contribution in [0.2, 0.25) is 0 Å². The van der Waals surface area contributed by atoms with E-state index >= 15 is 0 Å². The standard InChI is InChI=1S/C16H15FN2O2/c1-21-15-8-4-5-11(16(15)17)14(20)9-19-10-18-12-6-2-3-7-13(12)19/h2-8,10,14,20H,9H2,1H3. The van der Waals surface area contributed by atoms with Crippen LogP contribution in [-0.2, 0) is 6.54 Å². The van der Waals surface area contributed by atoms with Crippen molar-refractivity contribution in [3.8, 4) is 5.75 Å². The molecule has 3 aromatic rings. The van der Waals surface area contributed by atoms with Gasteiger partial charge in [-0.1, -0.05) is 24.3 Å². The van der Waals surface area contributed by atoms with Crippen LogP contribution in [0.25, 0.3) is 11.0 Å². The van der Waals surface area contributed by atoms with Gasteiger partial charge in [0.2, 0.25) is 0 Å². The van der Waals surface area contributed by atoms with Gasteiger partial charge < -0.3 is 14.4 Å². The highest BCUT2D eigenvalue weighted by molar-refractivity contribution is 5.74. The van der Waals surface area contributed by atoms with E-state index in [0.717, 1.165) is 11.0 Å². The Hall–Kier alpha value is -2.40. The van der Waals surface area contributed by atoms with Crippen LogP contribution < -0.4 is 4.74 Å². The molecule has 2 aromatic carbocycles. The Bertz CT molecular complexity index is 770. The zero-order valence-electron chi connectivity index (χ0n) is 11.5. The summed E-state index contributed by atoms with van der Waals surface area (Å²) in [5.41, 5.74) is 1.96. The van der Waals surface area contributed by atoms with E-state index in [-0.39, 0.29) is 17.9 Å². The predicted molar refractivity (Wildman–Crippen MR) is 77.6 cm³/mol. The zero-order chi connectivity index (χ0) is 14.8. The number of aliphatic hydroxyl groups is 1. The topological polar surface area (TPSA) is 47.3 Å². The van der Waals surface area contributed by atoms with Crippen molar-refractivity contribution in [2.24, 2.45) is 0 Å². The Kier molecular flexibility index (Phi) is 3.58. The SMILES string of the molecule is COc1cccc(C(O)Cn2cnc3ccccc32)c1F. The Balaban J connectivity index is 1.91. The molecule has 21 heavy (non-hydrogen) atoms. The number of aromatic nitrogens is 2. The highest BCUT2D eigenvalue weighted by Gasteiger charge is 2.17. The summed E-state index contributed by atoms with van der Waals surface area (Å²) in [4.78, 5) is 4.25. The van der Waals surface area contributed by atoms with E-state index in [9.17, 15) is 9.50 Å². The smallest absolute Gasteiger partial charge is 0.170 e. The lowest BCUT2D eigenvalue weighted by Crippen LogP contribution is -2.10. The third kappa shape index (κ3) is 2.48. The normalized spacial score (nSPS) is 12.5. The molecule has 0 aliphatic rings. The first-order valence-electron chi connectivity index (χ1n) is 6.61. The van der Waals surface area contributed by atoms with Crippen molar-refractivity contribution in [3.63, 3.8) is 0 Å². The molecule has 0 bridgehead atoms. The molecule has 1 aromatic heterocycles. The maximum absolute atomic E-state index is 14.2. The molecule has 108 valence electrons. The number of nitrogens with zero attached hydrogens (tertiary/aromatic N) is 2. The number of benzene rings is 2. The van der Waals surface area contributed by atoms with Gasteiger partial charge in [0.1, 0.15) is 0 Å². The monoisotopic (exact) mass is 286 g/mol. The molecule has 0 aliphatic carbocycles. The number of rotatable bonds is 4. The Morgan fingerprint density at radius 2 is 2.05 bits per heavy atom. The van der Waals surface area contributed by atoms with Crippen LogP contribution in [0.1, 0.15) is 11.7 Å². The van der Waals surface area contributed by atoms with E-state index < -0.39 is 11.9 Å². The summed E-state index contributed by atoms with van der Waals surface area (Å²) in [6.07, 6.45) is 0.670. The molecule has 0 saturated carbocycles. The molecule has 0 saturated heterocycles. The van der Waals surface area contributed by atoms with E-state index in [0.29, 0.717) is 0 Å². The number of fused-ring (bicyclic) bond motifs is 1. The third-order valence-electron chi connectivity index (χ3n) is 3.47. The summed E-state index contributed by atoms with van der Waals surface area (Å²) < 4.78 is 20.9. The first-order valence-corrected chi connectivity index (χ1v) is 6.61. The lowest BCUT2D eigenvalue weighted by molar-refractivity contribution is 0.152. The van der Waals surface area contributed by atoms with E-state index in [1.165, 1.54) is 13.2 Å². The summed E-state index contributed by atoms with van der Waals surface area (Å²) >= 11 is 0. The van der Waals surface area contributed by atoms with Crippen molar-refractivity contribution < 1.29 is 14.2 Å². The van der Waals surface area contributed by atoms with Crippen molar-refractivity contribution in [3.05, 3.63) is 60.2 Å². The van der Waals surface area contributed by atoms with E-state index in [1.54, 1.807) is 23.0 Å². The van der Waals surface area contributed by atoms with Gasteiger partial charge in [0.05, 0.1) is 37.1 Å². The van der Waals surface area contributed by atoms with Gasteiger partial charge in [-0.15, -0.1) is 0 Å². The van der Waals surface area contributed by atoms with Crippen LogP contribution in [0, 0.1) is 5.82 Å². The summed E-state index contributed by atoms with van der Waals surface area (Å²) in [6.45, 7) is 0.227. The fourth-order valence-corrected chi connectivity index (χ4v) is 2.38. The van der Waals surface area contributed by atoms with Gasteiger partial charge >= 0.3 is 0 Å². The van der Waals surface area contributed by atoms with Gasteiger partial charge in [-0.25, -0.2) is 9.37 Å². The highest BCUT2D eigenvalue weighted by atomic mass is 19.1. The lowest BCUT2D eigenvalue weighted by atomic mass is 10.1. The molecular weight excluding hydrogens is 271 g/mol. The molecule has 0 amide bonds. The number of aliphatic hydroxyl groups excluding tert-OH is 1.